The summed E-state index contributed by atoms with van der Waals surface area (Å²) in [6, 6.07) is 7.54. The first kappa shape index (κ1) is 13.1. The molecule has 1 aliphatic carbocycles. The van der Waals surface area contributed by atoms with Gasteiger partial charge in [0.15, 0.2) is 5.78 Å². The number of carbonyl (C=O) groups excluding carboxylic acids is 1. The molecule has 1 fully saturated rings. The topological polar surface area (TPSA) is 54.4 Å². The van der Waals surface area contributed by atoms with Crippen molar-refractivity contribution >= 4 is 23.5 Å². The number of hydrogen-bond donors (Lipinski definition) is 1. The fraction of sp³-hybridized carbons (Fsp3) is 0.429. The first-order valence-electron chi connectivity index (χ1n) is 6.03. The lowest BCUT2D eigenvalue weighted by molar-refractivity contribution is -0.141. The molecule has 3 nitrogen and oxygen atoms in total. The lowest BCUT2D eigenvalue weighted by Crippen LogP contribution is -2.14. The van der Waals surface area contributed by atoms with Gasteiger partial charge < -0.3 is 5.11 Å². The van der Waals surface area contributed by atoms with Gasteiger partial charge >= 0.3 is 5.97 Å². The van der Waals surface area contributed by atoms with Crippen molar-refractivity contribution in [1.82, 2.24) is 0 Å². The fourth-order valence-electron chi connectivity index (χ4n) is 2.43. The largest absolute Gasteiger partial charge is 0.481 e. The molecule has 0 heterocycles. The number of thioether (sulfide) groups is 1. The molecule has 1 aromatic rings. The Hall–Kier alpha value is -1.29. The van der Waals surface area contributed by atoms with E-state index in [0.717, 1.165) is 4.90 Å². The van der Waals surface area contributed by atoms with Crippen LogP contribution in [0.3, 0.4) is 0 Å². The van der Waals surface area contributed by atoms with E-state index in [4.69, 9.17) is 5.11 Å². The van der Waals surface area contributed by atoms with Crippen molar-refractivity contribution < 1.29 is 14.7 Å². The van der Waals surface area contributed by atoms with Crippen molar-refractivity contribution in [1.29, 1.82) is 0 Å². The van der Waals surface area contributed by atoms with Gasteiger partial charge in [0.2, 0.25) is 0 Å². The molecule has 1 aromatic carbocycles. The zero-order valence-corrected chi connectivity index (χ0v) is 11.1. The highest BCUT2D eigenvalue weighted by Crippen LogP contribution is 2.33. The Morgan fingerprint density at radius 3 is 2.28 bits per heavy atom. The minimum Gasteiger partial charge on any atom is -0.481 e. The number of aliphatic carboxylic acids is 1. The van der Waals surface area contributed by atoms with E-state index in [0.29, 0.717) is 24.8 Å². The number of carboxylic acids is 1. The molecular weight excluding hydrogens is 248 g/mol. The molecule has 0 radical (unpaired) electrons. The van der Waals surface area contributed by atoms with Gasteiger partial charge in [0.1, 0.15) is 0 Å². The molecule has 0 amide bonds. The fourth-order valence-corrected chi connectivity index (χ4v) is 2.84. The van der Waals surface area contributed by atoms with Crippen LogP contribution in [0.25, 0.3) is 0 Å². The number of benzene rings is 1. The average Bonchev–Trinajstić information content (AvgIpc) is 2.88. The molecule has 4 heteroatoms. The Morgan fingerprint density at radius 1 is 1.17 bits per heavy atom. The van der Waals surface area contributed by atoms with E-state index in [9.17, 15) is 9.59 Å². The van der Waals surface area contributed by atoms with E-state index in [1.165, 1.54) is 0 Å². The first-order valence-corrected chi connectivity index (χ1v) is 7.25. The molecule has 0 aromatic heterocycles. The lowest BCUT2D eigenvalue weighted by Gasteiger charge is -2.08. The Kier molecular flexibility index (Phi) is 4.07. The highest BCUT2D eigenvalue weighted by molar-refractivity contribution is 7.98. The summed E-state index contributed by atoms with van der Waals surface area (Å²) in [4.78, 5) is 24.2. The van der Waals surface area contributed by atoms with Gasteiger partial charge in [-0.3, -0.25) is 9.59 Å². The van der Waals surface area contributed by atoms with Crippen LogP contribution in [-0.2, 0) is 4.79 Å². The second-order valence-corrected chi connectivity index (χ2v) is 5.52. The molecule has 0 bridgehead atoms. The van der Waals surface area contributed by atoms with Crippen LogP contribution in [0, 0.1) is 11.8 Å². The summed E-state index contributed by atoms with van der Waals surface area (Å²) >= 11 is 1.64. The van der Waals surface area contributed by atoms with Crippen LogP contribution in [-0.4, -0.2) is 23.1 Å². The molecule has 0 aliphatic heterocycles. The van der Waals surface area contributed by atoms with Gasteiger partial charge in [0.05, 0.1) is 5.92 Å². The summed E-state index contributed by atoms with van der Waals surface area (Å²) < 4.78 is 0. The van der Waals surface area contributed by atoms with Crippen LogP contribution in [0.4, 0.5) is 0 Å². The highest BCUT2D eigenvalue weighted by Gasteiger charge is 2.34. The van der Waals surface area contributed by atoms with Crippen LogP contribution < -0.4 is 0 Å². The molecule has 0 spiro atoms. The number of carboxylic acid groups (broad SMARTS) is 1. The average molecular weight is 264 g/mol. The van der Waals surface area contributed by atoms with Crippen LogP contribution in [0.2, 0.25) is 0 Å². The van der Waals surface area contributed by atoms with Crippen LogP contribution in [0.5, 0.6) is 0 Å². The van der Waals surface area contributed by atoms with Gasteiger partial charge in [0.25, 0.3) is 0 Å². The van der Waals surface area contributed by atoms with Crippen molar-refractivity contribution in [2.75, 3.05) is 6.26 Å². The third kappa shape index (κ3) is 2.75. The summed E-state index contributed by atoms with van der Waals surface area (Å²) in [7, 11) is 0. The molecule has 0 unspecified atom stereocenters. The Morgan fingerprint density at radius 2 is 1.78 bits per heavy atom. The normalized spacial score (nSPS) is 22.9. The van der Waals surface area contributed by atoms with E-state index in [1.54, 1.807) is 11.8 Å². The summed E-state index contributed by atoms with van der Waals surface area (Å²) in [5, 5.41) is 8.94. The van der Waals surface area contributed by atoms with Gasteiger partial charge in [-0.2, -0.15) is 0 Å². The number of carbonyl (C=O) groups is 2. The summed E-state index contributed by atoms with van der Waals surface area (Å²) in [5.41, 5.74) is 0.698. The van der Waals surface area contributed by atoms with Crippen molar-refractivity contribution in [3.05, 3.63) is 29.8 Å². The highest BCUT2D eigenvalue weighted by atomic mass is 32.2. The predicted octanol–water partition coefficient (Wildman–Crippen LogP) is 3.09. The summed E-state index contributed by atoms with van der Waals surface area (Å²) in [6.07, 6.45) is 3.79. The van der Waals surface area contributed by atoms with E-state index in [-0.39, 0.29) is 17.6 Å². The third-order valence-corrected chi connectivity index (χ3v) is 4.27. The first-order chi connectivity index (χ1) is 8.61. The molecule has 1 saturated carbocycles. The molecule has 2 atom stereocenters. The maximum atomic E-state index is 12.2. The smallest absolute Gasteiger partial charge is 0.306 e. The molecular formula is C14H16O3S. The SMILES string of the molecule is CSc1ccc(C(=O)[C@H]2CC[C@@H](C(=O)O)C2)cc1. The molecule has 0 saturated heterocycles. The maximum Gasteiger partial charge on any atom is 0.306 e. The van der Waals surface area contributed by atoms with Crippen molar-refractivity contribution in [2.45, 2.75) is 24.2 Å². The van der Waals surface area contributed by atoms with E-state index < -0.39 is 5.97 Å². The standard InChI is InChI=1S/C14H16O3S/c1-18-12-6-4-9(5-7-12)13(15)10-2-3-11(8-10)14(16)17/h4-7,10-11H,2-3,8H2,1H3,(H,16,17)/t10-,11+/m0/s1. The number of rotatable bonds is 4. The molecule has 2 rings (SSSR count). The van der Waals surface area contributed by atoms with E-state index in [2.05, 4.69) is 0 Å². The second-order valence-electron chi connectivity index (χ2n) is 4.64. The molecule has 1 aliphatic rings. The van der Waals surface area contributed by atoms with Crippen LogP contribution >= 0.6 is 11.8 Å². The summed E-state index contributed by atoms with van der Waals surface area (Å²) in [6.45, 7) is 0. The number of hydrogen-bond acceptors (Lipinski definition) is 3. The third-order valence-electron chi connectivity index (χ3n) is 3.53. The van der Waals surface area contributed by atoms with Gasteiger partial charge in [-0.25, -0.2) is 0 Å². The zero-order valence-electron chi connectivity index (χ0n) is 10.3. The zero-order chi connectivity index (χ0) is 13.1. The molecule has 1 N–H and O–H groups in total. The maximum absolute atomic E-state index is 12.2. The van der Waals surface area contributed by atoms with Crippen molar-refractivity contribution in [3.8, 4) is 0 Å². The van der Waals surface area contributed by atoms with Gasteiger partial charge in [0, 0.05) is 16.4 Å². The van der Waals surface area contributed by atoms with E-state index >= 15 is 0 Å². The monoisotopic (exact) mass is 264 g/mol. The second kappa shape index (κ2) is 5.57. The van der Waals surface area contributed by atoms with Crippen LogP contribution in [0.15, 0.2) is 29.2 Å². The van der Waals surface area contributed by atoms with Crippen molar-refractivity contribution in [2.24, 2.45) is 11.8 Å². The Bertz CT molecular complexity index is 453. The van der Waals surface area contributed by atoms with Gasteiger partial charge in [-0.05, 0) is 37.7 Å². The number of Topliss-reactive ketones (excluding diaryl/α,β-unsaturated/α-hetero) is 1. The predicted molar refractivity (Wildman–Crippen MR) is 71.0 cm³/mol. The van der Waals surface area contributed by atoms with Gasteiger partial charge in [-0.1, -0.05) is 12.1 Å². The Balaban J connectivity index is 2.05. The Labute approximate surface area is 111 Å². The van der Waals surface area contributed by atoms with E-state index in [1.807, 2.05) is 30.5 Å². The van der Waals surface area contributed by atoms with Crippen LogP contribution in [0.1, 0.15) is 29.6 Å². The summed E-state index contributed by atoms with van der Waals surface area (Å²) in [5.74, 6) is -1.15. The molecule has 96 valence electrons. The van der Waals surface area contributed by atoms with Gasteiger partial charge in [-0.15, -0.1) is 11.8 Å². The quantitative estimate of drug-likeness (QED) is 0.670. The minimum absolute atomic E-state index is 0.0893. The minimum atomic E-state index is -0.775. The van der Waals surface area contributed by atoms with Crippen molar-refractivity contribution in [3.63, 3.8) is 0 Å². The number of ketones is 1. The lowest BCUT2D eigenvalue weighted by atomic mass is 9.95. The molecule has 18 heavy (non-hydrogen) atoms.